The molecule has 13 heteroatoms. The number of aromatic hydroxyl groups is 2. The zero-order chi connectivity index (χ0) is 18.9. The normalized spacial score (nSPS) is 10.0. The van der Waals surface area contributed by atoms with E-state index in [0.29, 0.717) is 0 Å². The van der Waals surface area contributed by atoms with Crippen molar-refractivity contribution in [1.29, 1.82) is 0 Å². The van der Waals surface area contributed by atoms with Gasteiger partial charge in [0.2, 0.25) is 0 Å². The van der Waals surface area contributed by atoms with Crippen LogP contribution in [0.3, 0.4) is 0 Å². The fourth-order valence-electron chi connectivity index (χ4n) is 1.19. The molecule has 0 atom stereocenters. The van der Waals surface area contributed by atoms with Crippen molar-refractivity contribution in [2.24, 2.45) is 0 Å². The van der Waals surface area contributed by atoms with Crippen molar-refractivity contribution in [1.82, 2.24) is 0 Å². The van der Waals surface area contributed by atoms with E-state index in [9.17, 15) is 10.2 Å². The van der Waals surface area contributed by atoms with Gasteiger partial charge in [-0.25, -0.2) is 0 Å². The molecule has 0 bridgehead atoms. The highest BCUT2D eigenvalue weighted by molar-refractivity contribution is 7.59. The number of benzene rings is 2. The Morgan fingerprint density at radius 3 is 0.600 bits per heavy atom. The van der Waals surface area contributed by atoms with Gasteiger partial charge in [-0.05, 0) is 0 Å². The molecule has 0 radical (unpaired) electrons. The molecule has 0 unspecified atom stereocenters. The molecule has 0 spiro atoms. The van der Waals surface area contributed by atoms with Gasteiger partial charge >= 0.3 is 0 Å². The molecule has 0 heterocycles. The third-order valence-corrected chi connectivity index (χ3v) is 6.89. The van der Waals surface area contributed by atoms with Crippen molar-refractivity contribution in [3.63, 3.8) is 0 Å². The lowest BCUT2D eigenvalue weighted by Gasteiger charge is -2.06. The highest BCUT2D eigenvalue weighted by atomic mass is 35.5. The Balaban J connectivity index is 0.000000443. The maximum absolute atomic E-state index is 9.20. The van der Waals surface area contributed by atoms with E-state index >= 15 is 0 Å². The van der Waals surface area contributed by atoms with Gasteiger partial charge < -0.3 is 10.2 Å². The van der Waals surface area contributed by atoms with Crippen molar-refractivity contribution in [2.45, 2.75) is 0 Å². The van der Waals surface area contributed by atoms with E-state index in [1.54, 1.807) is 0 Å². The molecule has 0 saturated heterocycles. The van der Waals surface area contributed by atoms with Crippen molar-refractivity contribution >= 4 is 130 Å². The average molecular weight is 567 g/mol. The van der Waals surface area contributed by atoms with Gasteiger partial charge in [-0.3, -0.25) is 0 Å². The number of rotatable bonds is 0. The van der Waals surface area contributed by atoms with Crippen molar-refractivity contribution in [3.05, 3.63) is 50.2 Å². The van der Waals surface area contributed by atoms with Crippen LogP contribution in [0.2, 0.25) is 50.2 Å². The Bertz CT molecular complexity index is 534. The topological polar surface area (TPSA) is 40.5 Å². The summed E-state index contributed by atoms with van der Waals surface area (Å²) in [6, 6.07) is 0. The van der Waals surface area contributed by atoms with Crippen LogP contribution in [0.1, 0.15) is 0 Å². The molecule has 0 amide bonds. The second-order valence-corrected chi connectivity index (χ2v) is 7.62. The molecule has 2 N–H and O–H groups in total. The minimum Gasteiger partial charge on any atom is -0.505 e. The van der Waals surface area contributed by atoms with Crippen LogP contribution in [0.5, 0.6) is 11.5 Å². The fraction of sp³-hybridized carbons (Fsp3) is 0. The summed E-state index contributed by atoms with van der Waals surface area (Å²) < 4.78 is 0. The van der Waals surface area contributed by atoms with Gasteiger partial charge in [0.05, 0.1) is 30.1 Å². The number of phenols is 2. The van der Waals surface area contributed by atoms with E-state index < -0.39 is 0 Å². The number of hydrogen-bond acceptors (Lipinski definition) is 2. The molecule has 0 aliphatic rings. The predicted molar refractivity (Wildman–Crippen MR) is 117 cm³/mol. The molecular weight excluding hydrogens is 563 g/mol. The molecule has 2 nitrogen and oxygen atoms in total. The number of halogens is 10. The van der Waals surface area contributed by atoms with Gasteiger partial charge in [0, 0.05) is 0 Å². The molecular formula is C12H4Cl10O2S. The predicted octanol–water partition coefficient (Wildman–Crippen LogP) is 9.43. The lowest BCUT2D eigenvalue weighted by atomic mass is 10.3. The van der Waals surface area contributed by atoms with Crippen LogP contribution in [-0.4, -0.2) is 10.2 Å². The Hall–Kier alpha value is 1.29. The molecule has 0 saturated carbocycles. The second kappa shape index (κ2) is 10.7. The average Bonchev–Trinajstić information content (AvgIpc) is 2.58. The molecule has 0 aliphatic carbocycles. The van der Waals surface area contributed by atoms with Crippen LogP contribution in [-0.2, 0) is 0 Å². The first-order valence-electron chi connectivity index (χ1n) is 5.34. The molecule has 0 aliphatic heterocycles. The Kier molecular flexibility index (Phi) is 11.3. The first-order valence-corrected chi connectivity index (χ1v) is 9.12. The summed E-state index contributed by atoms with van der Waals surface area (Å²) in [6.07, 6.45) is 0. The van der Waals surface area contributed by atoms with E-state index in [1.807, 2.05) is 0 Å². The molecule has 0 fully saturated rings. The van der Waals surface area contributed by atoms with Gasteiger partial charge in [-0.15, -0.1) is 0 Å². The van der Waals surface area contributed by atoms with Crippen molar-refractivity contribution in [3.8, 4) is 11.5 Å². The number of hydrogen-bond donors (Lipinski definition) is 2. The van der Waals surface area contributed by atoms with Crippen LogP contribution in [0.15, 0.2) is 0 Å². The third kappa shape index (κ3) is 5.65. The summed E-state index contributed by atoms with van der Waals surface area (Å²) in [7, 11) is 0. The van der Waals surface area contributed by atoms with Crippen molar-refractivity contribution in [2.75, 3.05) is 0 Å². The summed E-state index contributed by atoms with van der Waals surface area (Å²) in [5, 5.41) is 18.0. The van der Waals surface area contributed by atoms with E-state index in [-0.39, 0.29) is 75.2 Å². The molecule has 2 rings (SSSR count). The smallest absolute Gasteiger partial charge is 0.155 e. The summed E-state index contributed by atoms with van der Waals surface area (Å²) in [4.78, 5) is 0. The molecule has 2 aromatic carbocycles. The van der Waals surface area contributed by atoms with Crippen LogP contribution in [0.4, 0.5) is 0 Å². The van der Waals surface area contributed by atoms with Crippen LogP contribution < -0.4 is 0 Å². The van der Waals surface area contributed by atoms with E-state index in [0.717, 1.165) is 0 Å². The van der Waals surface area contributed by atoms with Gasteiger partial charge in [-0.2, -0.15) is 13.5 Å². The lowest BCUT2D eigenvalue weighted by molar-refractivity contribution is 0.475. The highest BCUT2D eigenvalue weighted by Crippen LogP contribution is 2.48. The zero-order valence-corrected chi connectivity index (χ0v) is 19.7. The first-order chi connectivity index (χ1) is 10.9. The van der Waals surface area contributed by atoms with Crippen molar-refractivity contribution < 1.29 is 10.2 Å². The first kappa shape index (κ1) is 26.3. The summed E-state index contributed by atoms with van der Waals surface area (Å²) >= 11 is 55.8. The van der Waals surface area contributed by atoms with Crippen LogP contribution in [0.25, 0.3) is 0 Å². The Labute approximate surface area is 199 Å². The maximum Gasteiger partial charge on any atom is 0.155 e. The highest BCUT2D eigenvalue weighted by Gasteiger charge is 2.19. The molecule has 2 aromatic rings. The maximum atomic E-state index is 9.20. The minimum atomic E-state index is -0.363. The van der Waals surface area contributed by atoms with Gasteiger partial charge in [0.1, 0.15) is 20.1 Å². The SMILES string of the molecule is Oc1c(Cl)c(Cl)c(Cl)c(Cl)c1Cl.Oc1c(Cl)c(Cl)c(Cl)c(Cl)c1Cl.S. The monoisotopic (exact) mass is 562 g/mol. The Morgan fingerprint density at radius 2 is 0.440 bits per heavy atom. The van der Waals surface area contributed by atoms with Gasteiger partial charge in [0.15, 0.2) is 11.5 Å². The molecule has 140 valence electrons. The number of phenolic OH excluding ortho intramolecular Hbond substituents is 2. The largest absolute Gasteiger partial charge is 0.505 e. The zero-order valence-electron chi connectivity index (χ0n) is 11.2. The quantitative estimate of drug-likeness (QED) is 0.246. The fourth-order valence-corrected chi connectivity index (χ4v) is 3.44. The van der Waals surface area contributed by atoms with E-state index in [1.165, 1.54) is 0 Å². The minimum absolute atomic E-state index is 0. The summed E-state index contributed by atoms with van der Waals surface area (Å²) in [6.45, 7) is 0. The molecule has 0 aromatic heterocycles. The van der Waals surface area contributed by atoms with E-state index in [2.05, 4.69) is 0 Å². The summed E-state index contributed by atoms with van der Waals surface area (Å²) in [5.41, 5.74) is 0. The van der Waals surface area contributed by atoms with E-state index in [4.69, 9.17) is 116 Å². The van der Waals surface area contributed by atoms with Gasteiger partial charge in [-0.1, -0.05) is 116 Å². The third-order valence-electron chi connectivity index (χ3n) is 2.37. The molecule has 25 heavy (non-hydrogen) atoms. The van der Waals surface area contributed by atoms with Gasteiger partial charge in [0.25, 0.3) is 0 Å². The van der Waals surface area contributed by atoms with Crippen LogP contribution >= 0.6 is 130 Å². The summed E-state index contributed by atoms with van der Waals surface area (Å²) in [5.74, 6) is -0.726. The lowest BCUT2D eigenvalue weighted by Crippen LogP contribution is -1.78. The Morgan fingerprint density at radius 1 is 0.320 bits per heavy atom. The standard InChI is InChI=1S/2C6HCl5O.H2S/c2*7-1-2(8)4(10)6(12)5(11)3(1)9;/h2*12H;1H2. The van der Waals surface area contributed by atoms with Crippen LogP contribution in [0, 0.1) is 0 Å². The second-order valence-electron chi connectivity index (χ2n) is 3.84.